The van der Waals surface area contributed by atoms with E-state index < -0.39 is 34.4 Å². The number of para-hydroxylation sites is 1. The monoisotopic (exact) mass is 743 g/mol. The molecule has 0 unspecified atom stereocenters. The molecule has 0 bridgehead atoms. The fourth-order valence-corrected chi connectivity index (χ4v) is 7.39. The van der Waals surface area contributed by atoms with Crippen molar-refractivity contribution >= 4 is 50.7 Å². The number of benzene rings is 5. The van der Waals surface area contributed by atoms with Gasteiger partial charge in [-0.3, -0.25) is 13.9 Å². The molecule has 0 aliphatic carbocycles. The van der Waals surface area contributed by atoms with Crippen LogP contribution in [-0.2, 0) is 32.6 Å². The second-order valence-corrected chi connectivity index (χ2v) is 15.0. The molecule has 5 rings (SSSR count). The maximum absolute atomic E-state index is 14.7. The Morgan fingerprint density at radius 1 is 0.745 bits per heavy atom. The molecule has 0 aromatic heterocycles. The highest BCUT2D eigenvalue weighted by Crippen LogP contribution is 2.31. The van der Waals surface area contributed by atoms with Crippen molar-refractivity contribution in [2.75, 3.05) is 10.8 Å². The lowest BCUT2D eigenvalue weighted by Crippen LogP contribution is -2.54. The van der Waals surface area contributed by atoms with E-state index in [1.54, 1.807) is 54.6 Å². The lowest BCUT2D eigenvalue weighted by molar-refractivity contribution is -0.140. The summed E-state index contributed by atoms with van der Waals surface area (Å²) in [6.07, 6.45) is 0.156. The molecular weight excluding hydrogens is 705 g/mol. The highest BCUT2D eigenvalue weighted by molar-refractivity contribution is 7.92. The first-order chi connectivity index (χ1) is 24.4. The summed E-state index contributed by atoms with van der Waals surface area (Å²) in [4.78, 5) is 30.1. The number of anilines is 1. The van der Waals surface area contributed by atoms with Crippen molar-refractivity contribution in [1.82, 2.24) is 10.2 Å². The molecule has 11 heteroatoms. The number of carbonyl (C=O) groups is 2. The number of sulfonamides is 1. The van der Waals surface area contributed by atoms with Crippen LogP contribution in [0.1, 0.15) is 30.5 Å². The number of aryl methyl sites for hydroxylation is 1. The third kappa shape index (κ3) is 9.70. The molecule has 1 N–H and O–H groups in total. The lowest BCUT2D eigenvalue weighted by Gasteiger charge is -2.34. The van der Waals surface area contributed by atoms with Crippen molar-refractivity contribution in [2.45, 2.75) is 50.7 Å². The quantitative estimate of drug-likeness (QED) is 0.123. The van der Waals surface area contributed by atoms with Gasteiger partial charge in [-0.2, -0.15) is 0 Å². The lowest BCUT2D eigenvalue weighted by atomic mass is 10.0. The number of hydrogen-bond acceptors (Lipinski definition) is 5. The van der Waals surface area contributed by atoms with E-state index in [0.717, 1.165) is 15.4 Å². The topological polar surface area (TPSA) is 96.0 Å². The van der Waals surface area contributed by atoms with E-state index >= 15 is 0 Å². The number of ether oxygens (including phenoxy) is 1. The molecule has 0 saturated carbocycles. The van der Waals surface area contributed by atoms with Crippen LogP contribution < -0.4 is 14.4 Å². The van der Waals surface area contributed by atoms with Crippen LogP contribution >= 0.6 is 23.2 Å². The SMILES string of the molecule is Cc1ccc(S(=O)(=O)N(CC(=O)N(Cc2c(Cl)cccc2Cl)[C@H](Cc2ccccc2)C(=O)NC(C)C)c2ccc(Oc3ccccc3)cc2)cc1. The standard InChI is InChI=1S/C40H39Cl2N3O5S/c1-28(2)43-40(47)38(25-30-11-6-4-7-12-30)44(26-35-36(41)15-10-16-37(35)42)39(46)27-45(51(48,49)34-23-17-29(3)18-24-34)31-19-21-33(22-20-31)50-32-13-8-5-9-14-32/h4-24,28,38H,25-27H2,1-3H3,(H,43,47)/t38-/m1/s1. The van der Waals surface area contributed by atoms with Crippen molar-refractivity contribution in [2.24, 2.45) is 0 Å². The van der Waals surface area contributed by atoms with Crippen LogP contribution in [0.2, 0.25) is 10.0 Å². The first kappa shape index (κ1) is 37.4. The van der Waals surface area contributed by atoms with Gasteiger partial charge in [0, 0.05) is 34.6 Å². The zero-order valence-electron chi connectivity index (χ0n) is 28.5. The molecule has 264 valence electrons. The van der Waals surface area contributed by atoms with Crippen LogP contribution in [0.15, 0.2) is 132 Å². The summed E-state index contributed by atoms with van der Waals surface area (Å²) in [5, 5.41) is 3.55. The number of halogens is 2. The third-order valence-electron chi connectivity index (χ3n) is 8.08. The van der Waals surface area contributed by atoms with E-state index in [1.165, 1.54) is 17.0 Å². The summed E-state index contributed by atoms with van der Waals surface area (Å²) in [5.74, 6) is 0.0571. The van der Waals surface area contributed by atoms with Gasteiger partial charge in [-0.15, -0.1) is 0 Å². The van der Waals surface area contributed by atoms with Crippen molar-refractivity contribution in [1.29, 1.82) is 0 Å². The number of nitrogens with zero attached hydrogens (tertiary/aromatic N) is 2. The van der Waals surface area contributed by atoms with Crippen LogP contribution in [0.25, 0.3) is 0 Å². The Labute approximate surface area is 309 Å². The Balaban J connectivity index is 1.58. The van der Waals surface area contributed by atoms with Gasteiger partial charge in [0.1, 0.15) is 24.1 Å². The zero-order chi connectivity index (χ0) is 36.5. The summed E-state index contributed by atoms with van der Waals surface area (Å²) in [5.41, 5.74) is 2.34. The van der Waals surface area contributed by atoms with Gasteiger partial charge in [-0.1, -0.05) is 95.5 Å². The number of amides is 2. The Hall–Kier alpha value is -4.83. The Bertz CT molecular complexity index is 2020. The van der Waals surface area contributed by atoms with E-state index in [0.29, 0.717) is 27.1 Å². The summed E-state index contributed by atoms with van der Waals surface area (Å²) < 4.78 is 35.8. The number of hydrogen-bond donors (Lipinski definition) is 1. The Kier molecular flexibility index (Phi) is 12.4. The van der Waals surface area contributed by atoms with Gasteiger partial charge >= 0.3 is 0 Å². The number of rotatable bonds is 14. The zero-order valence-corrected chi connectivity index (χ0v) is 30.8. The predicted octanol–water partition coefficient (Wildman–Crippen LogP) is 8.45. The second-order valence-electron chi connectivity index (χ2n) is 12.3. The summed E-state index contributed by atoms with van der Waals surface area (Å²) in [7, 11) is -4.29. The molecule has 51 heavy (non-hydrogen) atoms. The largest absolute Gasteiger partial charge is 0.457 e. The molecule has 0 aliphatic rings. The Morgan fingerprint density at radius 3 is 1.90 bits per heavy atom. The molecule has 0 fully saturated rings. The summed E-state index contributed by atoms with van der Waals surface area (Å²) in [6, 6.07) is 35.1. The molecule has 0 radical (unpaired) electrons. The first-order valence-corrected chi connectivity index (χ1v) is 18.6. The maximum atomic E-state index is 14.7. The summed E-state index contributed by atoms with van der Waals surface area (Å²) in [6.45, 7) is 4.74. The van der Waals surface area contributed by atoms with Gasteiger partial charge in [-0.25, -0.2) is 8.42 Å². The molecule has 0 heterocycles. The fraction of sp³-hybridized carbons (Fsp3) is 0.200. The molecule has 0 aliphatic heterocycles. The van der Waals surface area contributed by atoms with Crippen molar-refractivity contribution in [3.8, 4) is 11.5 Å². The molecule has 5 aromatic rings. The third-order valence-corrected chi connectivity index (χ3v) is 10.6. The normalized spacial score (nSPS) is 11.9. The van der Waals surface area contributed by atoms with Crippen LogP contribution in [-0.4, -0.2) is 43.8 Å². The smallest absolute Gasteiger partial charge is 0.264 e. The van der Waals surface area contributed by atoms with Gasteiger partial charge in [0.15, 0.2) is 0 Å². The highest BCUT2D eigenvalue weighted by atomic mass is 35.5. The van der Waals surface area contributed by atoms with Gasteiger partial charge < -0.3 is 15.0 Å². The predicted molar refractivity (Wildman–Crippen MR) is 203 cm³/mol. The van der Waals surface area contributed by atoms with Gasteiger partial charge in [0.05, 0.1) is 10.6 Å². The Morgan fingerprint density at radius 2 is 1.31 bits per heavy atom. The average molecular weight is 745 g/mol. The van der Waals surface area contributed by atoms with Crippen molar-refractivity contribution < 1.29 is 22.7 Å². The minimum atomic E-state index is -4.29. The maximum Gasteiger partial charge on any atom is 0.264 e. The number of nitrogens with one attached hydrogen (secondary N) is 1. The molecular formula is C40H39Cl2N3O5S. The molecule has 5 aromatic carbocycles. The van der Waals surface area contributed by atoms with E-state index in [2.05, 4.69) is 5.32 Å². The minimum absolute atomic E-state index is 0.00426. The molecule has 2 amide bonds. The van der Waals surface area contributed by atoms with Gasteiger partial charge in [-0.05, 0) is 87.0 Å². The average Bonchev–Trinajstić information content (AvgIpc) is 3.11. The highest BCUT2D eigenvalue weighted by Gasteiger charge is 2.35. The van der Waals surface area contributed by atoms with E-state index in [9.17, 15) is 18.0 Å². The molecule has 1 atom stereocenters. The van der Waals surface area contributed by atoms with Gasteiger partial charge in [0.25, 0.3) is 10.0 Å². The van der Waals surface area contributed by atoms with Crippen LogP contribution in [0.3, 0.4) is 0 Å². The molecule has 8 nitrogen and oxygen atoms in total. The molecule has 0 spiro atoms. The van der Waals surface area contributed by atoms with Crippen molar-refractivity contribution in [3.63, 3.8) is 0 Å². The van der Waals surface area contributed by atoms with Crippen LogP contribution in [0.5, 0.6) is 11.5 Å². The van der Waals surface area contributed by atoms with E-state index in [-0.39, 0.29) is 29.6 Å². The summed E-state index contributed by atoms with van der Waals surface area (Å²) >= 11 is 13.2. The van der Waals surface area contributed by atoms with E-state index in [4.69, 9.17) is 27.9 Å². The van der Waals surface area contributed by atoms with Crippen molar-refractivity contribution in [3.05, 3.63) is 154 Å². The molecule has 0 saturated heterocycles. The fourth-order valence-electron chi connectivity index (χ4n) is 5.46. The first-order valence-electron chi connectivity index (χ1n) is 16.4. The van der Waals surface area contributed by atoms with E-state index in [1.807, 2.05) is 81.4 Å². The number of carbonyl (C=O) groups excluding carboxylic acids is 2. The van der Waals surface area contributed by atoms with Crippen LogP contribution in [0.4, 0.5) is 5.69 Å². The minimum Gasteiger partial charge on any atom is -0.457 e. The van der Waals surface area contributed by atoms with Gasteiger partial charge in [0.2, 0.25) is 11.8 Å². The second kappa shape index (κ2) is 16.9. The van der Waals surface area contributed by atoms with Crippen LogP contribution in [0, 0.1) is 6.92 Å².